The molecule has 0 spiro atoms. The van der Waals surface area contributed by atoms with Crippen molar-refractivity contribution in [3.63, 3.8) is 0 Å². The third-order valence-corrected chi connectivity index (χ3v) is 4.55. The summed E-state index contributed by atoms with van der Waals surface area (Å²) in [5, 5.41) is 3.68. The first-order chi connectivity index (χ1) is 10.1. The number of carbonyl (C=O) groups is 2. The van der Waals surface area contributed by atoms with E-state index in [1.54, 1.807) is 17.0 Å². The summed E-state index contributed by atoms with van der Waals surface area (Å²) in [6.07, 6.45) is 4.77. The van der Waals surface area contributed by atoms with Gasteiger partial charge in [0.05, 0.1) is 5.92 Å². The van der Waals surface area contributed by atoms with E-state index in [2.05, 4.69) is 5.32 Å². The largest absolute Gasteiger partial charge is 0.353 e. The molecule has 1 N–H and O–H groups in total. The Kier molecular flexibility index (Phi) is 4.15. The molecule has 1 atom stereocenters. The lowest BCUT2D eigenvalue weighted by molar-refractivity contribution is -0.126. The number of amides is 2. The number of benzene rings is 1. The van der Waals surface area contributed by atoms with Crippen molar-refractivity contribution in [2.75, 3.05) is 11.4 Å². The lowest BCUT2D eigenvalue weighted by Gasteiger charge is -2.18. The molecule has 3 rings (SSSR count). The van der Waals surface area contributed by atoms with E-state index in [0.717, 1.165) is 18.5 Å². The van der Waals surface area contributed by atoms with Gasteiger partial charge in [-0.1, -0.05) is 30.5 Å². The van der Waals surface area contributed by atoms with Gasteiger partial charge in [-0.3, -0.25) is 9.59 Å². The molecule has 112 valence electrons. The van der Waals surface area contributed by atoms with Crippen molar-refractivity contribution < 1.29 is 9.59 Å². The minimum atomic E-state index is -0.253. The van der Waals surface area contributed by atoms with Crippen LogP contribution < -0.4 is 10.2 Å². The quantitative estimate of drug-likeness (QED) is 0.933. The molecule has 1 unspecified atom stereocenters. The van der Waals surface area contributed by atoms with Crippen LogP contribution in [0.3, 0.4) is 0 Å². The van der Waals surface area contributed by atoms with E-state index >= 15 is 0 Å². The molecule has 2 fully saturated rings. The molecular weight excluding hydrogens is 288 g/mol. The van der Waals surface area contributed by atoms with Crippen LogP contribution in [-0.4, -0.2) is 24.4 Å². The van der Waals surface area contributed by atoms with Crippen molar-refractivity contribution in [2.45, 2.75) is 38.1 Å². The van der Waals surface area contributed by atoms with Gasteiger partial charge < -0.3 is 10.2 Å². The lowest BCUT2D eigenvalue weighted by Crippen LogP contribution is -2.38. The molecule has 0 aromatic heterocycles. The Morgan fingerprint density at radius 1 is 1.29 bits per heavy atom. The number of hydrogen-bond donors (Lipinski definition) is 1. The number of anilines is 1. The first-order valence-corrected chi connectivity index (χ1v) is 7.87. The van der Waals surface area contributed by atoms with Gasteiger partial charge in [0.25, 0.3) is 0 Å². The van der Waals surface area contributed by atoms with Crippen LogP contribution in [0.25, 0.3) is 0 Å². The van der Waals surface area contributed by atoms with Crippen LogP contribution in [0.5, 0.6) is 0 Å². The van der Waals surface area contributed by atoms with E-state index in [-0.39, 0.29) is 24.2 Å². The number of carbonyl (C=O) groups excluding carboxylic acids is 2. The topological polar surface area (TPSA) is 49.4 Å². The van der Waals surface area contributed by atoms with Crippen LogP contribution in [0.15, 0.2) is 24.3 Å². The molecule has 1 aliphatic carbocycles. The maximum atomic E-state index is 12.3. The standard InChI is InChI=1S/C16H19ClN2O2/c17-12-4-3-7-14(9-12)19-10-11(8-15(19)20)16(21)18-13-5-1-2-6-13/h3-4,7,9,11,13H,1-2,5-6,8,10H2,(H,18,21). The minimum Gasteiger partial charge on any atom is -0.353 e. The Bertz CT molecular complexity index is 555. The van der Waals surface area contributed by atoms with Crippen molar-refractivity contribution in [3.8, 4) is 0 Å². The number of rotatable bonds is 3. The summed E-state index contributed by atoms with van der Waals surface area (Å²) in [7, 11) is 0. The van der Waals surface area contributed by atoms with Gasteiger partial charge in [0.1, 0.15) is 0 Å². The minimum absolute atomic E-state index is 0.0103. The third-order valence-electron chi connectivity index (χ3n) is 4.32. The molecule has 1 aliphatic heterocycles. The molecule has 21 heavy (non-hydrogen) atoms. The fraction of sp³-hybridized carbons (Fsp3) is 0.500. The zero-order valence-electron chi connectivity index (χ0n) is 11.8. The van der Waals surface area contributed by atoms with Crippen molar-refractivity contribution in [3.05, 3.63) is 29.3 Å². The number of hydrogen-bond acceptors (Lipinski definition) is 2. The van der Waals surface area contributed by atoms with Crippen LogP contribution in [-0.2, 0) is 9.59 Å². The predicted octanol–water partition coefficient (Wildman–Crippen LogP) is 2.75. The average Bonchev–Trinajstić information content (AvgIpc) is 3.08. The Morgan fingerprint density at radius 2 is 2.05 bits per heavy atom. The van der Waals surface area contributed by atoms with E-state index in [1.165, 1.54) is 12.8 Å². The van der Waals surface area contributed by atoms with Crippen molar-refractivity contribution in [1.82, 2.24) is 5.32 Å². The number of nitrogens with one attached hydrogen (secondary N) is 1. The first kappa shape index (κ1) is 14.4. The van der Waals surface area contributed by atoms with Crippen LogP contribution in [0.4, 0.5) is 5.69 Å². The zero-order valence-corrected chi connectivity index (χ0v) is 12.6. The maximum Gasteiger partial charge on any atom is 0.227 e. The van der Waals surface area contributed by atoms with Crippen LogP contribution in [0, 0.1) is 5.92 Å². The van der Waals surface area contributed by atoms with Gasteiger partial charge in [0.2, 0.25) is 11.8 Å². The van der Waals surface area contributed by atoms with Gasteiger partial charge in [-0.05, 0) is 31.0 Å². The monoisotopic (exact) mass is 306 g/mol. The molecule has 1 aromatic carbocycles. The Labute approximate surface area is 129 Å². The summed E-state index contributed by atoms with van der Waals surface area (Å²) in [5.41, 5.74) is 0.767. The van der Waals surface area contributed by atoms with E-state index in [1.807, 2.05) is 12.1 Å². The fourth-order valence-electron chi connectivity index (χ4n) is 3.17. The highest BCUT2D eigenvalue weighted by Crippen LogP contribution is 2.27. The zero-order chi connectivity index (χ0) is 14.8. The Balaban J connectivity index is 1.65. The van der Waals surface area contributed by atoms with Gasteiger partial charge in [-0.15, -0.1) is 0 Å². The molecule has 1 saturated carbocycles. The molecule has 1 saturated heterocycles. The molecule has 1 aromatic rings. The summed E-state index contributed by atoms with van der Waals surface area (Å²) in [4.78, 5) is 26.1. The molecule has 2 amide bonds. The average molecular weight is 307 g/mol. The third kappa shape index (κ3) is 3.21. The van der Waals surface area contributed by atoms with E-state index < -0.39 is 0 Å². The summed E-state index contributed by atoms with van der Waals surface area (Å²) in [6, 6.07) is 7.50. The number of nitrogens with zero attached hydrogens (tertiary/aromatic N) is 1. The summed E-state index contributed by atoms with van der Waals surface area (Å²) in [6.45, 7) is 0.442. The second-order valence-corrected chi connectivity index (χ2v) is 6.31. The predicted molar refractivity (Wildman–Crippen MR) is 82.3 cm³/mol. The van der Waals surface area contributed by atoms with Crippen LogP contribution in [0.1, 0.15) is 32.1 Å². The lowest BCUT2D eigenvalue weighted by atomic mass is 10.1. The van der Waals surface area contributed by atoms with Gasteiger partial charge in [0.15, 0.2) is 0 Å². The fourth-order valence-corrected chi connectivity index (χ4v) is 3.35. The van der Waals surface area contributed by atoms with Gasteiger partial charge in [0, 0.05) is 29.7 Å². The van der Waals surface area contributed by atoms with Crippen LogP contribution in [0.2, 0.25) is 5.02 Å². The van der Waals surface area contributed by atoms with Crippen molar-refractivity contribution >= 4 is 29.1 Å². The highest BCUT2D eigenvalue weighted by molar-refractivity contribution is 6.30. The molecule has 1 heterocycles. The second kappa shape index (κ2) is 6.06. The molecule has 2 aliphatic rings. The summed E-state index contributed by atoms with van der Waals surface area (Å²) >= 11 is 5.97. The SMILES string of the molecule is O=C(NC1CCCC1)C1CC(=O)N(c2cccc(Cl)c2)C1. The van der Waals surface area contributed by atoms with Gasteiger partial charge in [-0.25, -0.2) is 0 Å². The molecular formula is C16H19ClN2O2. The highest BCUT2D eigenvalue weighted by atomic mass is 35.5. The van der Waals surface area contributed by atoms with Crippen LogP contribution >= 0.6 is 11.6 Å². The summed E-state index contributed by atoms with van der Waals surface area (Å²) in [5.74, 6) is -0.249. The van der Waals surface area contributed by atoms with E-state index in [0.29, 0.717) is 17.6 Å². The second-order valence-electron chi connectivity index (χ2n) is 5.88. The van der Waals surface area contributed by atoms with Crippen molar-refractivity contribution in [2.24, 2.45) is 5.92 Å². The smallest absolute Gasteiger partial charge is 0.227 e. The molecule has 5 heteroatoms. The van der Waals surface area contributed by atoms with E-state index in [4.69, 9.17) is 11.6 Å². The summed E-state index contributed by atoms with van der Waals surface area (Å²) < 4.78 is 0. The Hall–Kier alpha value is -1.55. The normalized spacial score (nSPS) is 22.8. The Morgan fingerprint density at radius 3 is 2.76 bits per heavy atom. The first-order valence-electron chi connectivity index (χ1n) is 7.50. The maximum absolute atomic E-state index is 12.3. The number of halogens is 1. The van der Waals surface area contributed by atoms with Gasteiger partial charge >= 0.3 is 0 Å². The molecule has 0 radical (unpaired) electrons. The van der Waals surface area contributed by atoms with E-state index in [9.17, 15) is 9.59 Å². The molecule has 4 nitrogen and oxygen atoms in total. The highest BCUT2D eigenvalue weighted by Gasteiger charge is 2.36. The van der Waals surface area contributed by atoms with Gasteiger partial charge in [-0.2, -0.15) is 0 Å². The van der Waals surface area contributed by atoms with Crippen molar-refractivity contribution in [1.29, 1.82) is 0 Å². The molecule has 0 bridgehead atoms.